The first kappa shape index (κ1) is 27.6. The van der Waals surface area contributed by atoms with Crippen LogP contribution in [-0.2, 0) is 0 Å². The summed E-state index contributed by atoms with van der Waals surface area (Å²) in [5, 5.41) is 10.3. The first-order valence-electron chi connectivity index (χ1n) is 16.5. The molecule has 0 fully saturated rings. The molecule has 9 aromatic rings. The number of hydrogen-bond acceptors (Lipinski definition) is 0. The minimum Gasteiger partial charge on any atom is -0.309 e. The van der Waals surface area contributed by atoms with E-state index >= 15 is 0 Å². The van der Waals surface area contributed by atoms with E-state index in [0.717, 1.165) is 0 Å². The Kier molecular flexibility index (Phi) is 6.14. The summed E-state index contributed by atoms with van der Waals surface area (Å²) in [6.07, 6.45) is 0. The van der Waals surface area contributed by atoms with Crippen molar-refractivity contribution in [3.63, 3.8) is 0 Å². The minimum absolute atomic E-state index is 1.17. The molecule has 0 bridgehead atoms. The molecule has 0 atom stereocenters. The zero-order chi connectivity index (χ0) is 31.8. The summed E-state index contributed by atoms with van der Waals surface area (Å²) in [5.41, 5.74) is 14.0. The second kappa shape index (κ2) is 10.4. The van der Waals surface area contributed by atoms with Gasteiger partial charge in [0.15, 0.2) is 0 Å². The maximum atomic E-state index is 2.43. The Hall–Kier alpha value is -5.66. The Labute approximate surface area is 275 Å². The molecular formula is C46H35N. The molecule has 1 heterocycles. The number of fused-ring (bicyclic) bond motifs is 6. The van der Waals surface area contributed by atoms with E-state index < -0.39 is 0 Å². The third-order valence-corrected chi connectivity index (χ3v) is 10.4. The van der Waals surface area contributed by atoms with Gasteiger partial charge in [0.25, 0.3) is 0 Å². The van der Waals surface area contributed by atoms with Gasteiger partial charge in [-0.15, -0.1) is 0 Å². The van der Waals surface area contributed by atoms with E-state index in [1.165, 1.54) is 104 Å². The lowest BCUT2D eigenvalue weighted by Crippen LogP contribution is -1.97. The van der Waals surface area contributed by atoms with Gasteiger partial charge in [0.1, 0.15) is 0 Å². The van der Waals surface area contributed by atoms with Crippen LogP contribution >= 0.6 is 0 Å². The van der Waals surface area contributed by atoms with Crippen LogP contribution in [0.1, 0.15) is 22.3 Å². The number of benzene rings is 8. The Bertz CT molecular complexity index is 2590. The van der Waals surface area contributed by atoms with Gasteiger partial charge >= 0.3 is 0 Å². The van der Waals surface area contributed by atoms with Crippen LogP contribution in [0.2, 0.25) is 0 Å². The smallest absolute Gasteiger partial charge is 0.0541 e. The lowest BCUT2D eigenvalue weighted by Gasteiger charge is -2.21. The van der Waals surface area contributed by atoms with Gasteiger partial charge in [-0.1, -0.05) is 115 Å². The number of nitrogens with zero attached hydrogens (tertiary/aromatic N) is 1. The predicted octanol–water partition coefficient (Wildman–Crippen LogP) is 12.8. The monoisotopic (exact) mass is 601 g/mol. The Morgan fingerprint density at radius 1 is 0.362 bits per heavy atom. The highest BCUT2D eigenvalue weighted by atomic mass is 15.0. The Morgan fingerprint density at radius 2 is 0.830 bits per heavy atom. The molecule has 0 aliphatic heterocycles. The van der Waals surface area contributed by atoms with Crippen molar-refractivity contribution in [1.82, 2.24) is 4.57 Å². The summed E-state index contributed by atoms with van der Waals surface area (Å²) < 4.78 is 2.42. The van der Waals surface area contributed by atoms with E-state index in [2.05, 4.69) is 172 Å². The molecule has 8 aromatic carbocycles. The third-order valence-electron chi connectivity index (χ3n) is 10.4. The van der Waals surface area contributed by atoms with Crippen LogP contribution in [-0.4, -0.2) is 4.57 Å². The molecule has 9 rings (SSSR count). The van der Waals surface area contributed by atoms with Crippen molar-refractivity contribution in [1.29, 1.82) is 0 Å². The van der Waals surface area contributed by atoms with E-state index in [1.54, 1.807) is 0 Å². The van der Waals surface area contributed by atoms with Gasteiger partial charge in [0, 0.05) is 16.5 Å². The van der Waals surface area contributed by atoms with Crippen molar-refractivity contribution in [3.8, 4) is 27.9 Å². The number of aromatic nitrogens is 1. The maximum Gasteiger partial charge on any atom is 0.0541 e. The zero-order valence-corrected chi connectivity index (χ0v) is 27.2. The summed E-state index contributed by atoms with van der Waals surface area (Å²) in [7, 11) is 0. The first-order valence-corrected chi connectivity index (χ1v) is 16.5. The summed E-state index contributed by atoms with van der Waals surface area (Å²) in [6.45, 7) is 8.98. The molecule has 0 unspecified atom stereocenters. The normalized spacial score (nSPS) is 11.8. The average molecular weight is 602 g/mol. The van der Waals surface area contributed by atoms with Crippen molar-refractivity contribution in [2.45, 2.75) is 27.7 Å². The standard InChI is InChI=1S/C46H35N/c1-28-23-39-41(25-30(28)3)46(38-20-12-14-32-13-5-6-17-35(32)38)42-26-31(4)29(2)24-40(42)45(39)33-15-11-16-34(27-33)47-43-21-9-7-18-36(43)37-19-8-10-22-44(37)47/h5-27H,1-4H3. The van der Waals surface area contributed by atoms with Crippen LogP contribution in [0.3, 0.4) is 0 Å². The molecule has 0 saturated carbocycles. The van der Waals surface area contributed by atoms with Crippen molar-refractivity contribution < 1.29 is 0 Å². The van der Waals surface area contributed by atoms with E-state index in [9.17, 15) is 0 Å². The van der Waals surface area contributed by atoms with Crippen LogP contribution in [0.5, 0.6) is 0 Å². The average Bonchev–Trinajstić information content (AvgIpc) is 3.43. The molecule has 0 radical (unpaired) electrons. The summed E-state index contributed by atoms with van der Waals surface area (Å²) in [5.74, 6) is 0. The fourth-order valence-corrected chi connectivity index (χ4v) is 7.80. The molecule has 0 aliphatic carbocycles. The predicted molar refractivity (Wildman–Crippen MR) is 203 cm³/mol. The zero-order valence-electron chi connectivity index (χ0n) is 27.2. The van der Waals surface area contributed by atoms with Gasteiger partial charge in [0.05, 0.1) is 11.0 Å². The Balaban J connectivity index is 1.42. The molecule has 0 spiro atoms. The van der Waals surface area contributed by atoms with Gasteiger partial charge in [-0.2, -0.15) is 0 Å². The topological polar surface area (TPSA) is 4.93 Å². The largest absolute Gasteiger partial charge is 0.309 e. The first-order chi connectivity index (χ1) is 23.0. The van der Waals surface area contributed by atoms with Crippen LogP contribution in [0.15, 0.2) is 140 Å². The number of para-hydroxylation sites is 2. The van der Waals surface area contributed by atoms with E-state index in [1.807, 2.05) is 0 Å². The molecule has 0 aliphatic rings. The number of rotatable bonds is 3. The van der Waals surface area contributed by atoms with Crippen molar-refractivity contribution >= 4 is 54.1 Å². The lowest BCUT2D eigenvalue weighted by molar-refractivity contribution is 1.18. The Morgan fingerprint density at radius 3 is 1.43 bits per heavy atom. The number of aryl methyl sites for hydroxylation is 4. The van der Waals surface area contributed by atoms with E-state index in [0.29, 0.717) is 0 Å². The highest BCUT2D eigenvalue weighted by Crippen LogP contribution is 2.47. The van der Waals surface area contributed by atoms with Gasteiger partial charge in [-0.25, -0.2) is 0 Å². The molecule has 1 aromatic heterocycles. The van der Waals surface area contributed by atoms with Crippen LogP contribution in [0.4, 0.5) is 0 Å². The van der Waals surface area contributed by atoms with Gasteiger partial charge in [-0.3, -0.25) is 0 Å². The second-order valence-electron chi connectivity index (χ2n) is 13.2. The van der Waals surface area contributed by atoms with E-state index in [4.69, 9.17) is 0 Å². The lowest BCUT2D eigenvalue weighted by atomic mass is 9.82. The van der Waals surface area contributed by atoms with Crippen LogP contribution in [0, 0.1) is 27.7 Å². The van der Waals surface area contributed by atoms with Crippen LogP contribution < -0.4 is 0 Å². The van der Waals surface area contributed by atoms with Crippen LogP contribution in [0.25, 0.3) is 82.1 Å². The molecular weight excluding hydrogens is 567 g/mol. The molecule has 1 nitrogen and oxygen atoms in total. The van der Waals surface area contributed by atoms with Gasteiger partial charge in [-0.05, 0) is 129 Å². The second-order valence-corrected chi connectivity index (χ2v) is 13.2. The SMILES string of the molecule is Cc1cc2c(-c3cccc(-n4c5ccccc5c5ccccc54)c3)c3cc(C)c(C)cc3c(-c3cccc4ccccc34)c2cc1C. The number of hydrogen-bond donors (Lipinski definition) is 0. The van der Waals surface area contributed by atoms with Crippen molar-refractivity contribution in [2.24, 2.45) is 0 Å². The molecule has 0 N–H and O–H groups in total. The fourth-order valence-electron chi connectivity index (χ4n) is 7.80. The van der Waals surface area contributed by atoms with Gasteiger partial charge < -0.3 is 4.57 Å². The van der Waals surface area contributed by atoms with Crippen molar-refractivity contribution in [2.75, 3.05) is 0 Å². The summed E-state index contributed by atoms with van der Waals surface area (Å²) in [6, 6.07) is 51.9. The highest BCUT2D eigenvalue weighted by Gasteiger charge is 2.21. The highest BCUT2D eigenvalue weighted by molar-refractivity contribution is 6.24. The van der Waals surface area contributed by atoms with Crippen molar-refractivity contribution in [3.05, 3.63) is 162 Å². The third kappa shape index (κ3) is 4.16. The summed E-state index contributed by atoms with van der Waals surface area (Å²) in [4.78, 5) is 0. The minimum atomic E-state index is 1.17. The van der Waals surface area contributed by atoms with E-state index in [-0.39, 0.29) is 0 Å². The maximum absolute atomic E-state index is 2.43. The molecule has 0 amide bonds. The van der Waals surface area contributed by atoms with Gasteiger partial charge in [0.2, 0.25) is 0 Å². The molecule has 0 saturated heterocycles. The molecule has 224 valence electrons. The molecule has 47 heavy (non-hydrogen) atoms. The molecule has 1 heteroatoms. The quantitative estimate of drug-likeness (QED) is 0.178. The fraction of sp³-hybridized carbons (Fsp3) is 0.0870. The summed E-state index contributed by atoms with van der Waals surface area (Å²) >= 11 is 0.